The van der Waals surface area contributed by atoms with Gasteiger partial charge in [0.2, 0.25) is 10.0 Å². The van der Waals surface area contributed by atoms with Gasteiger partial charge in [-0.3, -0.25) is 0 Å². The van der Waals surface area contributed by atoms with E-state index in [1.54, 1.807) is 35.8 Å². The van der Waals surface area contributed by atoms with Gasteiger partial charge in [0.1, 0.15) is 14.7 Å². The first kappa shape index (κ1) is 16.0. The maximum absolute atomic E-state index is 11.6. The lowest BCUT2D eigenvalue weighted by atomic mass is 10.2. The molecule has 0 atom stereocenters. The largest absolute Gasteiger partial charge is 0.346 e. The minimum atomic E-state index is -3.81. The molecule has 0 spiro atoms. The Hall–Kier alpha value is -1.38. The zero-order chi connectivity index (χ0) is 15.7. The van der Waals surface area contributed by atoms with Gasteiger partial charge in [-0.1, -0.05) is 25.1 Å². The van der Waals surface area contributed by atoms with E-state index in [1.165, 1.54) is 6.20 Å². The fourth-order valence-electron chi connectivity index (χ4n) is 2.22. The van der Waals surface area contributed by atoms with Gasteiger partial charge in [0.15, 0.2) is 0 Å². The number of aryl methyl sites for hydroxylation is 1. The number of hydrogen-bond donors (Lipinski definition) is 1. The van der Waals surface area contributed by atoms with E-state index in [9.17, 15) is 16.8 Å². The van der Waals surface area contributed by atoms with E-state index in [4.69, 9.17) is 5.14 Å². The van der Waals surface area contributed by atoms with Gasteiger partial charge in [-0.15, -0.1) is 0 Å². The molecule has 116 valence electrons. The molecular weight excluding hydrogens is 312 g/mol. The number of aromatic nitrogens is 1. The summed E-state index contributed by atoms with van der Waals surface area (Å²) in [6.45, 7) is 2.04. The Balaban J connectivity index is 2.33. The number of sulfonamides is 1. The van der Waals surface area contributed by atoms with Gasteiger partial charge in [-0.05, 0) is 12.5 Å². The Bertz CT molecular complexity index is 851. The van der Waals surface area contributed by atoms with Crippen LogP contribution >= 0.6 is 0 Å². The van der Waals surface area contributed by atoms with Crippen LogP contribution in [-0.4, -0.2) is 32.9 Å². The molecule has 1 aromatic heterocycles. The van der Waals surface area contributed by atoms with Gasteiger partial charge in [0.25, 0.3) is 0 Å². The van der Waals surface area contributed by atoms with Gasteiger partial charge in [0, 0.05) is 29.4 Å². The van der Waals surface area contributed by atoms with Crippen LogP contribution in [0.15, 0.2) is 35.4 Å². The summed E-state index contributed by atoms with van der Waals surface area (Å²) in [6.07, 6.45) is 1.90. The van der Waals surface area contributed by atoms with Crippen molar-refractivity contribution in [1.29, 1.82) is 0 Å². The van der Waals surface area contributed by atoms with Crippen LogP contribution in [0.5, 0.6) is 0 Å². The number of para-hydroxylation sites is 1. The van der Waals surface area contributed by atoms with Crippen LogP contribution in [0, 0.1) is 0 Å². The number of primary sulfonamides is 1. The Kier molecular flexibility index (Phi) is 4.40. The third-order valence-corrected chi connectivity index (χ3v) is 6.08. The van der Waals surface area contributed by atoms with E-state index in [-0.39, 0.29) is 16.4 Å². The Morgan fingerprint density at radius 1 is 1.14 bits per heavy atom. The summed E-state index contributed by atoms with van der Waals surface area (Å²) in [5.41, 5.74) is 0.732. The normalized spacial score (nSPS) is 12.9. The quantitative estimate of drug-likeness (QED) is 0.857. The molecule has 0 amide bonds. The zero-order valence-corrected chi connectivity index (χ0v) is 13.3. The van der Waals surface area contributed by atoms with Gasteiger partial charge in [-0.25, -0.2) is 22.0 Å². The van der Waals surface area contributed by atoms with Crippen LogP contribution in [0.3, 0.4) is 0 Å². The Morgan fingerprint density at radius 3 is 2.43 bits per heavy atom. The zero-order valence-electron chi connectivity index (χ0n) is 11.7. The molecule has 8 heteroatoms. The topological polar surface area (TPSA) is 99.2 Å². The van der Waals surface area contributed by atoms with Crippen molar-refractivity contribution in [2.24, 2.45) is 5.14 Å². The summed E-state index contributed by atoms with van der Waals surface area (Å²) in [6, 6.07) is 7.02. The summed E-state index contributed by atoms with van der Waals surface area (Å²) in [7, 11) is -6.83. The van der Waals surface area contributed by atoms with E-state index >= 15 is 0 Å². The molecule has 0 bridgehead atoms. The highest BCUT2D eigenvalue weighted by atomic mass is 32.2. The Morgan fingerprint density at radius 2 is 1.81 bits per heavy atom. The molecule has 2 rings (SSSR count). The summed E-state index contributed by atoms with van der Waals surface area (Å²) >= 11 is 0. The first-order valence-corrected chi connectivity index (χ1v) is 9.92. The molecule has 0 radical (unpaired) electrons. The smallest absolute Gasteiger partial charge is 0.240 e. The number of benzene rings is 1. The second-order valence-corrected chi connectivity index (χ2v) is 8.84. The van der Waals surface area contributed by atoms with Gasteiger partial charge in [-0.2, -0.15) is 0 Å². The first-order valence-electron chi connectivity index (χ1n) is 6.56. The van der Waals surface area contributed by atoms with Crippen molar-refractivity contribution in [3.8, 4) is 0 Å². The average molecular weight is 330 g/mol. The molecule has 0 saturated carbocycles. The van der Waals surface area contributed by atoms with Gasteiger partial charge >= 0.3 is 0 Å². The number of nitrogens with two attached hydrogens (primary N) is 1. The molecule has 0 aliphatic rings. The van der Waals surface area contributed by atoms with Crippen molar-refractivity contribution in [3.63, 3.8) is 0 Å². The number of hydrogen-bond acceptors (Lipinski definition) is 4. The molecule has 0 fully saturated rings. The molecule has 0 saturated heterocycles. The third kappa shape index (κ3) is 3.63. The van der Waals surface area contributed by atoms with Crippen molar-refractivity contribution in [3.05, 3.63) is 30.5 Å². The molecular formula is C13H18N2O4S2. The fraction of sp³-hybridized carbons (Fsp3) is 0.385. The summed E-state index contributed by atoms with van der Waals surface area (Å²) in [4.78, 5) is 0.0662. The van der Waals surface area contributed by atoms with Crippen LogP contribution in [-0.2, 0) is 26.4 Å². The average Bonchev–Trinajstić information content (AvgIpc) is 2.78. The highest BCUT2D eigenvalue weighted by Gasteiger charge is 2.17. The molecule has 21 heavy (non-hydrogen) atoms. The van der Waals surface area contributed by atoms with E-state index in [1.807, 2.05) is 0 Å². The van der Waals surface area contributed by atoms with E-state index in [0.717, 1.165) is 5.52 Å². The summed E-state index contributed by atoms with van der Waals surface area (Å²) in [5.74, 6) is 0.197. The highest BCUT2D eigenvalue weighted by Crippen LogP contribution is 2.24. The maximum Gasteiger partial charge on any atom is 0.240 e. The fourth-order valence-corrected chi connectivity index (χ4v) is 3.83. The van der Waals surface area contributed by atoms with Crippen molar-refractivity contribution >= 4 is 30.8 Å². The van der Waals surface area contributed by atoms with E-state index in [2.05, 4.69) is 0 Å². The van der Waals surface area contributed by atoms with Gasteiger partial charge < -0.3 is 4.57 Å². The van der Waals surface area contributed by atoms with Crippen molar-refractivity contribution in [2.75, 3.05) is 11.5 Å². The lowest BCUT2D eigenvalue weighted by molar-refractivity contribution is 0.587. The number of rotatable bonds is 6. The molecule has 0 unspecified atom stereocenters. The molecule has 2 aromatic rings. The second-order valence-electron chi connectivity index (χ2n) is 4.84. The van der Waals surface area contributed by atoms with Crippen molar-refractivity contribution in [2.45, 2.75) is 24.8 Å². The highest BCUT2D eigenvalue weighted by molar-refractivity contribution is 7.91. The van der Waals surface area contributed by atoms with E-state index in [0.29, 0.717) is 18.4 Å². The molecule has 6 nitrogen and oxygen atoms in total. The molecule has 1 aromatic carbocycles. The lowest BCUT2D eigenvalue weighted by Crippen LogP contribution is -2.12. The van der Waals surface area contributed by atoms with Crippen LogP contribution < -0.4 is 5.14 Å². The summed E-state index contributed by atoms with van der Waals surface area (Å²) in [5, 5.41) is 5.77. The molecule has 1 heterocycles. The minimum Gasteiger partial charge on any atom is -0.346 e. The lowest BCUT2D eigenvalue weighted by Gasteiger charge is -2.05. The second kappa shape index (κ2) is 5.78. The third-order valence-electron chi connectivity index (χ3n) is 3.35. The predicted molar refractivity (Wildman–Crippen MR) is 82.3 cm³/mol. The first-order chi connectivity index (χ1) is 9.74. The van der Waals surface area contributed by atoms with Crippen molar-refractivity contribution < 1.29 is 16.8 Å². The predicted octanol–water partition coefficient (Wildman–Crippen LogP) is 1.11. The van der Waals surface area contributed by atoms with Crippen LogP contribution in [0.4, 0.5) is 0 Å². The summed E-state index contributed by atoms with van der Waals surface area (Å²) < 4.78 is 47.9. The Labute approximate surface area is 124 Å². The minimum absolute atomic E-state index is 0.0662. The number of fused-ring (bicyclic) bond motifs is 1. The van der Waals surface area contributed by atoms with Crippen LogP contribution in [0.25, 0.3) is 10.9 Å². The number of nitrogens with zero attached hydrogens (tertiary/aromatic N) is 1. The molecule has 2 N–H and O–H groups in total. The number of sulfone groups is 1. The molecule has 0 aliphatic heterocycles. The van der Waals surface area contributed by atoms with Crippen LogP contribution in [0.2, 0.25) is 0 Å². The standard InChI is InChI=1S/C13H18N2O4S2/c1-2-20(16,17)9-5-8-15-10-13(21(14,18)19)11-6-3-4-7-12(11)15/h3-4,6-7,10H,2,5,8-9H2,1H3,(H2,14,18,19). The maximum atomic E-state index is 11.6. The van der Waals surface area contributed by atoms with E-state index < -0.39 is 19.9 Å². The SMILES string of the molecule is CCS(=O)(=O)CCCn1cc(S(N)(=O)=O)c2ccccc21. The van der Waals surface area contributed by atoms with Crippen LogP contribution in [0.1, 0.15) is 13.3 Å². The molecule has 0 aliphatic carbocycles. The van der Waals surface area contributed by atoms with Gasteiger partial charge in [0.05, 0.1) is 5.75 Å². The monoisotopic (exact) mass is 330 g/mol. The van der Waals surface area contributed by atoms with Crippen molar-refractivity contribution in [1.82, 2.24) is 4.57 Å².